The second-order valence-electron chi connectivity index (χ2n) is 4.96. The molecule has 2 N–H and O–H groups in total. The highest BCUT2D eigenvalue weighted by atomic mass is 16.5. The van der Waals surface area contributed by atoms with Crippen LogP contribution in [0.25, 0.3) is 6.08 Å². The lowest BCUT2D eigenvalue weighted by molar-refractivity contribution is -0.132. The van der Waals surface area contributed by atoms with E-state index in [1.54, 1.807) is 12.1 Å². The molecule has 0 bridgehead atoms. The molecule has 0 unspecified atom stereocenters. The normalized spacial score (nSPS) is 10.9. The monoisotopic (exact) mass is 311 g/mol. The zero-order valence-corrected chi connectivity index (χ0v) is 12.7. The van der Waals surface area contributed by atoms with Crippen molar-refractivity contribution in [2.75, 3.05) is 0 Å². The highest BCUT2D eigenvalue weighted by Crippen LogP contribution is 2.08. The summed E-state index contributed by atoms with van der Waals surface area (Å²) in [5, 5.41) is 11.4. The van der Waals surface area contributed by atoms with E-state index in [1.165, 1.54) is 6.08 Å². The number of carbonyl (C=O) groups is 2. The molecule has 5 nitrogen and oxygen atoms in total. The molecule has 0 aliphatic carbocycles. The van der Waals surface area contributed by atoms with Crippen molar-refractivity contribution in [2.24, 2.45) is 0 Å². The summed E-state index contributed by atoms with van der Waals surface area (Å²) in [4.78, 5) is 23.0. The Hall–Kier alpha value is -3.08. The van der Waals surface area contributed by atoms with Gasteiger partial charge in [0.1, 0.15) is 12.3 Å². The molecular weight excluding hydrogens is 294 g/mol. The van der Waals surface area contributed by atoms with Crippen molar-refractivity contribution in [2.45, 2.75) is 13.5 Å². The number of hydrogen-bond donors (Lipinski definition) is 2. The largest absolute Gasteiger partial charge is 0.477 e. The number of amides is 1. The second-order valence-corrected chi connectivity index (χ2v) is 4.96. The first-order valence-corrected chi connectivity index (χ1v) is 7.04. The Labute approximate surface area is 134 Å². The lowest BCUT2D eigenvalue weighted by Gasteiger charge is -2.08. The molecule has 1 amide bonds. The zero-order chi connectivity index (χ0) is 16.7. The third-order valence-corrected chi connectivity index (χ3v) is 3.07. The summed E-state index contributed by atoms with van der Waals surface area (Å²) in [6.45, 7) is 2.01. The molecule has 0 atom stereocenters. The Bertz CT molecular complexity index is 706. The smallest absolute Gasteiger partial charge is 0.412 e. The average molecular weight is 311 g/mol. The fraction of sp³-hybridized carbons (Fsp3) is 0.111. The summed E-state index contributed by atoms with van der Waals surface area (Å²) in [6.07, 6.45) is 0.570. The van der Waals surface area contributed by atoms with Crippen molar-refractivity contribution >= 4 is 18.1 Å². The Morgan fingerprint density at radius 1 is 1.09 bits per heavy atom. The Morgan fingerprint density at radius 2 is 1.74 bits per heavy atom. The molecular formula is C18H17NO4. The molecule has 2 aromatic rings. The second kappa shape index (κ2) is 7.79. The third kappa shape index (κ3) is 5.32. The summed E-state index contributed by atoms with van der Waals surface area (Å²) < 4.78 is 5.01. The molecule has 0 aliphatic heterocycles. The standard InChI is InChI=1S/C18H17NO4/c1-13-7-9-14(10-8-13)11-16(17(20)21)19-18(22)23-12-15-5-3-2-4-6-15/h2-11H,12H2,1H3,(H,19,22)(H,20,21)/b16-11+. The van der Waals surface area contributed by atoms with Crippen LogP contribution < -0.4 is 5.32 Å². The van der Waals surface area contributed by atoms with Crippen molar-refractivity contribution < 1.29 is 19.4 Å². The maximum absolute atomic E-state index is 11.7. The number of aryl methyl sites for hydroxylation is 1. The van der Waals surface area contributed by atoms with Gasteiger partial charge in [-0.2, -0.15) is 0 Å². The quantitative estimate of drug-likeness (QED) is 0.830. The van der Waals surface area contributed by atoms with Gasteiger partial charge in [0.05, 0.1) is 0 Å². The van der Waals surface area contributed by atoms with E-state index in [9.17, 15) is 14.7 Å². The summed E-state index contributed by atoms with van der Waals surface area (Å²) in [5.74, 6) is -1.23. The first-order valence-electron chi connectivity index (χ1n) is 7.04. The van der Waals surface area contributed by atoms with Crippen LogP contribution in [0.3, 0.4) is 0 Å². The lowest BCUT2D eigenvalue weighted by Crippen LogP contribution is -2.27. The van der Waals surface area contributed by atoms with Crippen molar-refractivity contribution in [3.05, 3.63) is 77.0 Å². The van der Waals surface area contributed by atoms with Crippen LogP contribution in [0.15, 0.2) is 60.3 Å². The number of benzene rings is 2. The van der Waals surface area contributed by atoms with Crippen LogP contribution in [0.4, 0.5) is 4.79 Å². The first-order chi connectivity index (χ1) is 11.0. The van der Waals surface area contributed by atoms with E-state index in [4.69, 9.17) is 4.74 Å². The fourth-order valence-corrected chi connectivity index (χ4v) is 1.85. The van der Waals surface area contributed by atoms with Crippen LogP contribution >= 0.6 is 0 Å². The lowest BCUT2D eigenvalue weighted by atomic mass is 10.1. The minimum atomic E-state index is -1.23. The van der Waals surface area contributed by atoms with E-state index in [-0.39, 0.29) is 12.3 Å². The van der Waals surface area contributed by atoms with E-state index in [2.05, 4.69) is 5.32 Å². The summed E-state index contributed by atoms with van der Waals surface area (Å²) >= 11 is 0. The molecule has 0 saturated heterocycles. The number of ether oxygens (including phenoxy) is 1. The summed E-state index contributed by atoms with van der Waals surface area (Å²) in [6, 6.07) is 16.4. The van der Waals surface area contributed by atoms with Gasteiger partial charge in [0.15, 0.2) is 0 Å². The highest BCUT2D eigenvalue weighted by Gasteiger charge is 2.12. The van der Waals surface area contributed by atoms with Gasteiger partial charge in [-0.25, -0.2) is 9.59 Å². The topological polar surface area (TPSA) is 75.6 Å². The maximum Gasteiger partial charge on any atom is 0.412 e. The SMILES string of the molecule is Cc1ccc(/C=C(/NC(=O)OCc2ccccc2)C(=O)O)cc1. The molecule has 0 spiro atoms. The number of aliphatic carboxylic acids is 1. The number of alkyl carbamates (subject to hydrolysis) is 1. The number of hydrogen-bond acceptors (Lipinski definition) is 3. The van der Waals surface area contributed by atoms with Gasteiger partial charge in [0.25, 0.3) is 0 Å². The Kier molecular flexibility index (Phi) is 5.52. The van der Waals surface area contributed by atoms with Gasteiger partial charge >= 0.3 is 12.1 Å². The molecule has 118 valence electrons. The van der Waals surface area contributed by atoms with E-state index < -0.39 is 12.1 Å². The van der Waals surface area contributed by atoms with Gasteiger partial charge in [-0.05, 0) is 24.1 Å². The Morgan fingerprint density at radius 3 is 2.35 bits per heavy atom. The molecule has 5 heteroatoms. The molecule has 0 heterocycles. The minimum absolute atomic E-state index is 0.0735. The van der Waals surface area contributed by atoms with E-state index in [1.807, 2.05) is 49.4 Å². The number of rotatable bonds is 5. The Balaban J connectivity index is 2.00. The number of carboxylic acid groups (broad SMARTS) is 1. The zero-order valence-electron chi connectivity index (χ0n) is 12.7. The molecule has 2 rings (SSSR count). The fourth-order valence-electron chi connectivity index (χ4n) is 1.85. The molecule has 0 aromatic heterocycles. The average Bonchev–Trinajstić information content (AvgIpc) is 2.55. The number of nitrogens with one attached hydrogen (secondary N) is 1. The number of carboxylic acids is 1. The van der Waals surface area contributed by atoms with Crippen LogP contribution in [0.5, 0.6) is 0 Å². The van der Waals surface area contributed by atoms with Gasteiger partial charge in [0.2, 0.25) is 0 Å². The van der Waals surface area contributed by atoms with Crippen LogP contribution in [-0.2, 0) is 16.1 Å². The summed E-state index contributed by atoms with van der Waals surface area (Å²) in [5.41, 5.74) is 2.32. The number of carbonyl (C=O) groups excluding carboxylic acids is 1. The van der Waals surface area contributed by atoms with Crippen LogP contribution in [0.1, 0.15) is 16.7 Å². The van der Waals surface area contributed by atoms with Crippen molar-refractivity contribution in [1.29, 1.82) is 0 Å². The molecule has 23 heavy (non-hydrogen) atoms. The van der Waals surface area contributed by atoms with Crippen LogP contribution in [-0.4, -0.2) is 17.2 Å². The molecule has 0 radical (unpaired) electrons. The van der Waals surface area contributed by atoms with Crippen molar-refractivity contribution in [1.82, 2.24) is 5.32 Å². The van der Waals surface area contributed by atoms with Gasteiger partial charge in [0, 0.05) is 0 Å². The van der Waals surface area contributed by atoms with Crippen molar-refractivity contribution in [3.63, 3.8) is 0 Å². The first kappa shape index (κ1) is 16.3. The predicted octanol–water partition coefficient (Wildman–Crippen LogP) is 3.35. The highest BCUT2D eigenvalue weighted by molar-refractivity contribution is 5.95. The minimum Gasteiger partial charge on any atom is -0.477 e. The molecule has 0 saturated carbocycles. The van der Waals surface area contributed by atoms with Gasteiger partial charge in [-0.3, -0.25) is 5.32 Å². The van der Waals surface area contributed by atoms with Gasteiger partial charge in [-0.15, -0.1) is 0 Å². The third-order valence-electron chi connectivity index (χ3n) is 3.07. The molecule has 0 fully saturated rings. The van der Waals surface area contributed by atoms with Crippen LogP contribution in [0.2, 0.25) is 0 Å². The predicted molar refractivity (Wildman–Crippen MR) is 86.6 cm³/mol. The summed E-state index contributed by atoms with van der Waals surface area (Å²) in [7, 11) is 0. The van der Waals surface area contributed by atoms with Crippen molar-refractivity contribution in [3.8, 4) is 0 Å². The van der Waals surface area contributed by atoms with Gasteiger partial charge in [-0.1, -0.05) is 60.2 Å². The maximum atomic E-state index is 11.7. The molecule has 2 aromatic carbocycles. The van der Waals surface area contributed by atoms with E-state index in [0.29, 0.717) is 5.56 Å². The van der Waals surface area contributed by atoms with E-state index >= 15 is 0 Å². The van der Waals surface area contributed by atoms with Crippen LogP contribution in [0, 0.1) is 6.92 Å². The van der Waals surface area contributed by atoms with Gasteiger partial charge < -0.3 is 9.84 Å². The molecule has 0 aliphatic rings. The van der Waals surface area contributed by atoms with E-state index in [0.717, 1.165) is 11.1 Å².